The van der Waals surface area contributed by atoms with E-state index in [-0.39, 0.29) is 5.63 Å². The van der Waals surface area contributed by atoms with E-state index in [1.165, 1.54) is 19.3 Å². The van der Waals surface area contributed by atoms with E-state index in [0.29, 0.717) is 11.1 Å². The fraction of sp³-hybridized carbons (Fsp3) is 0.333. The van der Waals surface area contributed by atoms with E-state index < -0.39 is 0 Å². The second kappa shape index (κ2) is 8.00. The molecule has 2 aromatic carbocycles. The van der Waals surface area contributed by atoms with Crippen LogP contribution in [-0.2, 0) is 6.42 Å². The topological polar surface area (TPSA) is 57.2 Å². The van der Waals surface area contributed by atoms with E-state index >= 15 is 0 Å². The summed E-state index contributed by atoms with van der Waals surface area (Å²) < 4.78 is 5.69. The molecule has 4 rings (SSSR count). The first-order valence-electron chi connectivity index (χ1n) is 9.95. The molecule has 0 aliphatic carbocycles. The molecule has 0 bridgehead atoms. The van der Waals surface area contributed by atoms with Gasteiger partial charge in [-0.2, -0.15) is 5.26 Å². The molecule has 0 atom stereocenters. The van der Waals surface area contributed by atoms with E-state index in [9.17, 15) is 4.79 Å². The largest absolute Gasteiger partial charge is 0.422 e. The highest BCUT2D eigenvalue weighted by atomic mass is 16.4. The Morgan fingerprint density at radius 2 is 1.75 bits per heavy atom. The van der Waals surface area contributed by atoms with Gasteiger partial charge in [0.25, 0.3) is 0 Å². The van der Waals surface area contributed by atoms with Crippen LogP contribution in [0, 0.1) is 18.3 Å². The second-order valence-electron chi connectivity index (χ2n) is 7.55. The van der Waals surface area contributed by atoms with Gasteiger partial charge in [0, 0.05) is 17.5 Å². The van der Waals surface area contributed by atoms with Gasteiger partial charge in [-0.25, -0.2) is 4.79 Å². The lowest BCUT2D eigenvalue weighted by molar-refractivity contribution is 0.231. The van der Waals surface area contributed by atoms with Crippen LogP contribution in [0.5, 0.6) is 0 Å². The van der Waals surface area contributed by atoms with Crippen molar-refractivity contribution >= 4 is 11.0 Å². The molecule has 0 radical (unpaired) electrons. The summed E-state index contributed by atoms with van der Waals surface area (Å²) in [4.78, 5) is 15.1. The predicted octanol–water partition coefficient (Wildman–Crippen LogP) is 4.67. The summed E-state index contributed by atoms with van der Waals surface area (Å²) in [6.07, 6.45) is 4.56. The third-order valence-electron chi connectivity index (χ3n) is 5.76. The molecule has 4 nitrogen and oxygen atoms in total. The first-order chi connectivity index (χ1) is 13.7. The summed E-state index contributed by atoms with van der Waals surface area (Å²) in [7, 11) is 0. The number of piperidine rings is 1. The molecule has 0 spiro atoms. The monoisotopic (exact) mass is 372 g/mol. The van der Waals surface area contributed by atoms with Gasteiger partial charge in [0.15, 0.2) is 0 Å². The molecule has 1 aliphatic heterocycles. The molecular weight excluding hydrogens is 348 g/mol. The zero-order valence-electron chi connectivity index (χ0n) is 16.2. The van der Waals surface area contributed by atoms with Crippen LogP contribution in [0.2, 0.25) is 0 Å². The van der Waals surface area contributed by atoms with Crippen molar-refractivity contribution < 1.29 is 4.42 Å². The smallest absolute Gasteiger partial charge is 0.339 e. The standard InChI is InChI=1S/C24H24N2O2/c1-17-21-10-9-20(19-7-5-18(16-25)6-8-19)15-23(21)28-24(27)22(17)11-14-26-12-3-2-4-13-26/h5-10,15H,2-4,11-14H2,1H3. The van der Waals surface area contributed by atoms with E-state index in [0.717, 1.165) is 53.7 Å². The summed E-state index contributed by atoms with van der Waals surface area (Å²) in [5, 5.41) is 9.94. The van der Waals surface area contributed by atoms with Crippen LogP contribution in [0.25, 0.3) is 22.1 Å². The number of nitrogens with zero attached hydrogens (tertiary/aromatic N) is 2. The first kappa shape index (κ1) is 18.5. The van der Waals surface area contributed by atoms with E-state index in [4.69, 9.17) is 9.68 Å². The molecule has 1 fully saturated rings. The Hall–Kier alpha value is -2.90. The van der Waals surface area contributed by atoms with Gasteiger partial charge in [0.2, 0.25) is 0 Å². The predicted molar refractivity (Wildman–Crippen MR) is 111 cm³/mol. The number of nitriles is 1. The first-order valence-corrected chi connectivity index (χ1v) is 9.95. The van der Waals surface area contributed by atoms with Crippen LogP contribution in [-0.4, -0.2) is 24.5 Å². The molecule has 0 unspecified atom stereocenters. The summed E-state index contributed by atoms with van der Waals surface area (Å²) in [6.45, 7) is 5.20. The van der Waals surface area contributed by atoms with Crippen molar-refractivity contribution in [2.75, 3.05) is 19.6 Å². The van der Waals surface area contributed by atoms with Crippen LogP contribution < -0.4 is 5.63 Å². The molecule has 1 aliphatic rings. The molecule has 0 saturated carbocycles. The minimum Gasteiger partial charge on any atom is -0.422 e. The zero-order valence-corrected chi connectivity index (χ0v) is 16.2. The van der Waals surface area contributed by atoms with Gasteiger partial charge in [0.05, 0.1) is 11.6 Å². The average molecular weight is 372 g/mol. The van der Waals surface area contributed by atoms with Gasteiger partial charge in [0.1, 0.15) is 5.58 Å². The quantitative estimate of drug-likeness (QED) is 0.625. The number of aryl methyl sites for hydroxylation is 1. The minimum atomic E-state index is -0.223. The van der Waals surface area contributed by atoms with E-state index in [1.807, 2.05) is 37.3 Å². The Morgan fingerprint density at radius 3 is 2.46 bits per heavy atom. The van der Waals surface area contributed by atoms with Gasteiger partial charge in [-0.1, -0.05) is 30.7 Å². The number of rotatable bonds is 4. The van der Waals surface area contributed by atoms with Crippen molar-refractivity contribution in [1.29, 1.82) is 5.26 Å². The number of benzene rings is 2. The van der Waals surface area contributed by atoms with Gasteiger partial charge in [-0.15, -0.1) is 0 Å². The number of hydrogen-bond acceptors (Lipinski definition) is 4. The number of fused-ring (bicyclic) bond motifs is 1. The number of hydrogen-bond donors (Lipinski definition) is 0. The Balaban J connectivity index is 1.63. The van der Waals surface area contributed by atoms with Crippen LogP contribution >= 0.6 is 0 Å². The molecule has 1 saturated heterocycles. The maximum atomic E-state index is 12.6. The van der Waals surface area contributed by atoms with Crippen LogP contribution in [0.4, 0.5) is 0 Å². The fourth-order valence-corrected chi connectivity index (χ4v) is 4.05. The Kier molecular flexibility index (Phi) is 5.27. The van der Waals surface area contributed by atoms with Crippen LogP contribution in [0.1, 0.15) is 36.0 Å². The maximum Gasteiger partial charge on any atom is 0.339 e. The van der Waals surface area contributed by atoms with Gasteiger partial charge in [-0.3, -0.25) is 0 Å². The molecule has 28 heavy (non-hydrogen) atoms. The lowest BCUT2D eigenvalue weighted by Crippen LogP contribution is -2.32. The van der Waals surface area contributed by atoms with Gasteiger partial charge in [-0.05, 0) is 74.2 Å². The van der Waals surface area contributed by atoms with Crippen LogP contribution in [0.3, 0.4) is 0 Å². The molecule has 0 amide bonds. The molecular formula is C24H24N2O2. The highest BCUT2D eigenvalue weighted by Gasteiger charge is 2.15. The second-order valence-corrected chi connectivity index (χ2v) is 7.55. The molecule has 3 aromatic rings. The van der Waals surface area contributed by atoms with Crippen molar-refractivity contribution in [2.24, 2.45) is 0 Å². The Morgan fingerprint density at radius 1 is 1.04 bits per heavy atom. The highest BCUT2D eigenvalue weighted by Crippen LogP contribution is 2.27. The maximum absolute atomic E-state index is 12.6. The number of likely N-dealkylation sites (tertiary alicyclic amines) is 1. The lowest BCUT2D eigenvalue weighted by atomic mass is 9.99. The molecule has 4 heteroatoms. The lowest BCUT2D eigenvalue weighted by Gasteiger charge is -2.26. The van der Waals surface area contributed by atoms with Crippen molar-refractivity contribution in [3.63, 3.8) is 0 Å². The molecule has 142 valence electrons. The molecule has 1 aromatic heterocycles. The van der Waals surface area contributed by atoms with Gasteiger partial charge >= 0.3 is 5.63 Å². The van der Waals surface area contributed by atoms with Crippen molar-refractivity contribution in [1.82, 2.24) is 4.90 Å². The zero-order chi connectivity index (χ0) is 19.5. The summed E-state index contributed by atoms with van der Waals surface area (Å²) in [5.74, 6) is 0. The minimum absolute atomic E-state index is 0.223. The third-order valence-corrected chi connectivity index (χ3v) is 5.76. The van der Waals surface area contributed by atoms with Crippen molar-refractivity contribution in [3.8, 4) is 17.2 Å². The van der Waals surface area contributed by atoms with E-state index in [2.05, 4.69) is 11.0 Å². The highest BCUT2D eigenvalue weighted by molar-refractivity contribution is 5.85. The average Bonchev–Trinajstić information content (AvgIpc) is 2.74. The third kappa shape index (κ3) is 3.72. The van der Waals surface area contributed by atoms with E-state index in [1.54, 1.807) is 12.1 Å². The summed E-state index contributed by atoms with van der Waals surface area (Å²) in [6, 6.07) is 15.5. The van der Waals surface area contributed by atoms with Crippen molar-refractivity contribution in [3.05, 3.63) is 69.6 Å². The fourth-order valence-electron chi connectivity index (χ4n) is 4.05. The Labute approximate surface area is 165 Å². The molecule has 0 N–H and O–H groups in total. The van der Waals surface area contributed by atoms with Gasteiger partial charge < -0.3 is 9.32 Å². The molecule has 2 heterocycles. The Bertz CT molecular complexity index is 1080. The van der Waals surface area contributed by atoms with Crippen LogP contribution in [0.15, 0.2) is 51.7 Å². The normalized spacial score (nSPS) is 14.9. The SMILES string of the molecule is Cc1c(CCN2CCCCC2)c(=O)oc2cc(-c3ccc(C#N)cc3)ccc12. The summed E-state index contributed by atoms with van der Waals surface area (Å²) in [5.41, 5.74) is 4.81. The van der Waals surface area contributed by atoms with Crippen molar-refractivity contribution in [2.45, 2.75) is 32.6 Å². The summed E-state index contributed by atoms with van der Waals surface area (Å²) >= 11 is 0.